The lowest BCUT2D eigenvalue weighted by atomic mass is 10.3. The predicted molar refractivity (Wildman–Crippen MR) is 60.1 cm³/mol. The predicted octanol–water partition coefficient (Wildman–Crippen LogP) is 3.18. The monoisotopic (exact) mass is 297 g/mol. The van der Waals surface area contributed by atoms with Crippen LogP contribution in [0.4, 0.5) is 24.7 Å². The molecule has 0 fully saturated rings. The van der Waals surface area contributed by atoms with Crippen LogP contribution in [0.2, 0.25) is 0 Å². The van der Waals surface area contributed by atoms with Gasteiger partial charge in [-0.25, -0.2) is 4.98 Å². The Bertz CT molecular complexity index is 354. The van der Waals surface area contributed by atoms with Crippen LogP contribution in [0.1, 0.15) is 12.8 Å². The number of pyridine rings is 1. The minimum atomic E-state index is -4.11. The first-order chi connectivity index (χ1) is 7.38. The normalized spacial score (nSPS) is 11.5. The lowest BCUT2D eigenvalue weighted by Gasteiger charge is -2.09. The molecule has 90 valence electrons. The number of nitrogen functional groups attached to an aromatic ring is 1. The number of nitrogens with one attached hydrogen (secondary N) is 1. The number of hydrogen-bond donors (Lipinski definition) is 2. The maximum absolute atomic E-state index is 11.8. The molecule has 1 rings (SSSR count). The Morgan fingerprint density at radius 3 is 2.69 bits per heavy atom. The lowest BCUT2D eigenvalue weighted by Crippen LogP contribution is -2.12. The summed E-state index contributed by atoms with van der Waals surface area (Å²) >= 11 is 3.19. The number of hydrogen-bond acceptors (Lipinski definition) is 3. The van der Waals surface area contributed by atoms with Crippen molar-refractivity contribution >= 4 is 27.4 Å². The van der Waals surface area contributed by atoms with Crippen molar-refractivity contribution in [1.29, 1.82) is 0 Å². The summed E-state index contributed by atoms with van der Waals surface area (Å²) < 4.78 is 36.2. The van der Waals surface area contributed by atoms with E-state index in [9.17, 15) is 13.2 Å². The van der Waals surface area contributed by atoms with Crippen LogP contribution in [0.3, 0.4) is 0 Å². The second-order valence-electron chi connectivity index (χ2n) is 3.24. The highest BCUT2D eigenvalue weighted by atomic mass is 79.9. The Morgan fingerprint density at radius 2 is 2.12 bits per heavy atom. The maximum atomic E-state index is 11.8. The zero-order chi connectivity index (χ0) is 12.2. The van der Waals surface area contributed by atoms with Crippen LogP contribution in [0.5, 0.6) is 0 Å². The number of anilines is 2. The fourth-order valence-electron chi connectivity index (χ4n) is 1.10. The molecule has 0 aliphatic heterocycles. The van der Waals surface area contributed by atoms with Crippen LogP contribution < -0.4 is 11.1 Å². The van der Waals surface area contributed by atoms with Crippen molar-refractivity contribution in [3.05, 3.63) is 16.7 Å². The number of nitrogens with zero attached hydrogens (tertiary/aromatic N) is 1. The molecule has 0 unspecified atom stereocenters. The molecule has 3 N–H and O–H groups in total. The van der Waals surface area contributed by atoms with Gasteiger partial charge in [0, 0.05) is 23.6 Å². The highest BCUT2D eigenvalue weighted by molar-refractivity contribution is 9.10. The van der Waals surface area contributed by atoms with Crippen LogP contribution in [-0.4, -0.2) is 17.7 Å². The van der Waals surface area contributed by atoms with Gasteiger partial charge in [0.25, 0.3) is 0 Å². The van der Waals surface area contributed by atoms with Gasteiger partial charge >= 0.3 is 6.18 Å². The van der Waals surface area contributed by atoms with Crippen molar-refractivity contribution in [1.82, 2.24) is 4.98 Å². The smallest absolute Gasteiger partial charge is 0.389 e. The van der Waals surface area contributed by atoms with Crippen molar-refractivity contribution < 1.29 is 13.2 Å². The minimum absolute atomic E-state index is 0.000679. The third-order valence-corrected chi connectivity index (χ3v) is 2.25. The Labute approximate surface area is 99.4 Å². The number of halogens is 4. The summed E-state index contributed by atoms with van der Waals surface area (Å²) in [6.45, 7) is 0.193. The van der Waals surface area contributed by atoms with Crippen molar-refractivity contribution in [3.63, 3.8) is 0 Å². The Morgan fingerprint density at radius 1 is 1.44 bits per heavy atom. The van der Waals surface area contributed by atoms with Gasteiger partial charge in [-0.1, -0.05) is 0 Å². The molecule has 1 aromatic rings. The molecule has 0 spiro atoms. The molecule has 0 aromatic carbocycles. The number of alkyl halides is 3. The second kappa shape index (κ2) is 5.38. The van der Waals surface area contributed by atoms with Gasteiger partial charge in [-0.3, -0.25) is 0 Å². The summed E-state index contributed by atoms with van der Waals surface area (Å²) in [4.78, 5) is 3.95. The number of rotatable bonds is 4. The van der Waals surface area contributed by atoms with E-state index in [4.69, 9.17) is 5.73 Å². The molecule has 0 saturated carbocycles. The summed E-state index contributed by atoms with van der Waals surface area (Å²) in [5.41, 5.74) is 6.02. The van der Waals surface area contributed by atoms with E-state index in [1.165, 1.54) is 6.20 Å². The summed E-state index contributed by atoms with van der Waals surface area (Å²) in [5.74, 6) is 0.408. The van der Waals surface area contributed by atoms with Crippen molar-refractivity contribution in [2.75, 3.05) is 17.6 Å². The summed E-state index contributed by atoms with van der Waals surface area (Å²) in [6, 6.07) is 1.64. The molecule has 0 amide bonds. The summed E-state index contributed by atoms with van der Waals surface area (Å²) in [7, 11) is 0. The van der Waals surface area contributed by atoms with E-state index in [2.05, 4.69) is 26.2 Å². The largest absolute Gasteiger partial charge is 0.396 e. The van der Waals surface area contributed by atoms with E-state index in [-0.39, 0.29) is 13.0 Å². The van der Waals surface area contributed by atoms with Crippen LogP contribution >= 0.6 is 15.9 Å². The molecule has 0 atom stereocenters. The summed E-state index contributed by atoms with van der Waals surface area (Å²) in [6.07, 6.45) is -3.39. The first kappa shape index (κ1) is 13.1. The van der Waals surface area contributed by atoms with E-state index in [0.29, 0.717) is 11.5 Å². The molecule has 0 radical (unpaired) electrons. The number of nitrogens with two attached hydrogens (primary N) is 1. The first-order valence-electron chi connectivity index (χ1n) is 4.60. The van der Waals surface area contributed by atoms with Crippen LogP contribution in [0, 0.1) is 0 Å². The lowest BCUT2D eigenvalue weighted by molar-refractivity contribution is -0.134. The van der Waals surface area contributed by atoms with Gasteiger partial charge in [-0.15, -0.1) is 0 Å². The minimum Gasteiger partial charge on any atom is -0.396 e. The van der Waals surface area contributed by atoms with Gasteiger partial charge in [0.2, 0.25) is 0 Å². The average molecular weight is 298 g/mol. The quantitative estimate of drug-likeness (QED) is 0.839. The van der Waals surface area contributed by atoms with Gasteiger partial charge in [0.1, 0.15) is 5.82 Å². The van der Waals surface area contributed by atoms with E-state index >= 15 is 0 Å². The van der Waals surface area contributed by atoms with E-state index in [1.807, 2.05) is 0 Å². The highest BCUT2D eigenvalue weighted by Gasteiger charge is 2.25. The standard InChI is InChI=1S/C9H11BrF3N3/c10-6-4-7(14)8(16-5-6)15-3-1-2-9(11,12)13/h4-5H,1-3,14H2,(H,15,16). The third kappa shape index (κ3) is 4.69. The molecular weight excluding hydrogens is 287 g/mol. The van der Waals surface area contributed by atoms with Gasteiger partial charge in [-0.05, 0) is 28.4 Å². The molecule has 16 heavy (non-hydrogen) atoms. The SMILES string of the molecule is Nc1cc(Br)cnc1NCCCC(F)(F)F. The maximum Gasteiger partial charge on any atom is 0.389 e. The van der Waals surface area contributed by atoms with Crippen molar-refractivity contribution in [2.45, 2.75) is 19.0 Å². The van der Waals surface area contributed by atoms with Crippen LogP contribution in [0.25, 0.3) is 0 Å². The van der Waals surface area contributed by atoms with E-state index in [0.717, 1.165) is 4.47 Å². The zero-order valence-electron chi connectivity index (χ0n) is 8.31. The van der Waals surface area contributed by atoms with Gasteiger partial charge in [0.15, 0.2) is 0 Å². The molecule has 0 bridgehead atoms. The van der Waals surface area contributed by atoms with Crippen LogP contribution in [0.15, 0.2) is 16.7 Å². The number of aromatic nitrogens is 1. The molecule has 1 heterocycles. The Balaban J connectivity index is 2.38. The molecule has 7 heteroatoms. The fraction of sp³-hybridized carbons (Fsp3) is 0.444. The highest BCUT2D eigenvalue weighted by Crippen LogP contribution is 2.22. The fourth-order valence-corrected chi connectivity index (χ4v) is 1.45. The first-order valence-corrected chi connectivity index (χ1v) is 5.39. The molecule has 0 aliphatic rings. The topological polar surface area (TPSA) is 50.9 Å². The van der Waals surface area contributed by atoms with Crippen molar-refractivity contribution in [2.24, 2.45) is 0 Å². The second-order valence-corrected chi connectivity index (χ2v) is 4.15. The Kier molecular flexibility index (Phi) is 4.40. The average Bonchev–Trinajstić information content (AvgIpc) is 2.13. The van der Waals surface area contributed by atoms with E-state index in [1.54, 1.807) is 6.07 Å². The molecule has 1 aromatic heterocycles. The van der Waals surface area contributed by atoms with Gasteiger partial charge in [-0.2, -0.15) is 13.2 Å². The van der Waals surface area contributed by atoms with Crippen LogP contribution in [-0.2, 0) is 0 Å². The Hall–Kier alpha value is -0.980. The summed E-state index contributed by atoms with van der Waals surface area (Å²) in [5, 5.41) is 2.76. The van der Waals surface area contributed by atoms with E-state index < -0.39 is 12.6 Å². The molecule has 3 nitrogen and oxygen atoms in total. The van der Waals surface area contributed by atoms with Crippen molar-refractivity contribution in [3.8, 4) is 0 Å². The molecule has 0 aliphatic carbocycles. The molecule has 0 saturated heterocycles. The zero-order valence-corrected chi connectivity index (χ0v) is 9.90. The molecular formula is C9H11BrF3N3. The van der Waals surface area contributed by atoms with Gasteiger partial charge in [0.05, 0.1) is 5.69 Å². The van der Waals surface area contributed by atoms with Gasteiger partial charge < -0.3 is 11.1 Å². The third-order valence-electron chi connectivity index (χ3n) is 1.81.